The quantitative estimate of drug-likeness (QED) is 0.0597. The third kappa shape index (κ3) is 10.6. The topological polar surface area (TPSA) is 161 Å². The number of benzene rings is 4. The SMILES string of the molecule is Cc1nn(C)c(C)c1-c1c(Cl)ccc2c(CCCOc3cccc4cc(F)ccc34)c(C(=O)OC(C)(C)C)n(CCN3CCN(C(=O)COc4cc(N5CCCCC5)cc5c4CN(C4CCC(=O)NC4=O)C5=O)CC3)c12. The Bertz CT molecular complexity index is 3280. The Morgan fingerprint density at radius 3 is 2.36 bits per heavy atom. The summed E-state index contributed by atoms with van der Waals surface area (Å²) in [5.41, 5.74) is 6.61. The van der Waals surface area contributed by atoms with Crippen molar-refractivity contribution in [3.63, 3.8) is 0 Å². The van der Waals surface area contributed by atoms with Crippen molar-refractivity contribution < 1.29 is 42.6 Å². The Kier molecular flexibility index (Phi) is 14.9. The first-order valence-corrected chi connectivity index (χ1v) is 26.9. The lowest BCUT2D eigenvalue weighted by atomic mass is 9.98. The van der Waals surface area contributed by atoms with Crippen LogP contribution in [0, 0.1) is 19.7 Å². The van der Waals surface area contributed by atoms with E-state index in [9.17, 15) is 28.4 Å². The van der Waals surface area contributed by atoms with Crippen LogP contribution < -0.4 is 19.7 Å². The molecule has 2 aromatic heterocycles. The standard InChI is InChI=1S/C58H66ClFN8O8/c1-35-51(36(2)63(6)62-35)52-45(59)18-17-42-41(13-11-29-74-47-14-10-12-37-30-38(60)15-16-40(37)47)54(57(73)76-58(3,4)5)67(53(42)52)28-25-64-23-26-66(27-24-64)50(70)34-75-48-32-39(65-21-8-7-9-22-65)31-43-44(48)33-68(56(43)72)46-19-20-49(69)61-55(46)71/h10,12,14-18,30-32,46H,7-9,11,13,19-29,33-34H2,1-6H3,(H,61,69,71). The molecule has 0 spiro atoms. The smallest absolute Gasteiger partial charge is 0.355 e. The summed E-state index contributed by atoms with van der Waals surface area (Å²) < 4.78 is 36.9. The van der Waals surface area contributed by atoms with E-state index in [0.29, 0.717) is 92.1 Å². The fraction of sp³-hybridized carbons (Fsp3) is 0.448. The summed E-state index contributed by atoms with van der Waals surface area (Å²) in [6.45, 7) is 14.4. The number of nitrogens with zero attached hydrogens (tertiary/aromatic N) is 7. The monoisotopic (exact) mass is 1060 g/mol. The number of hydrogen-bond donors (Lipinski definition) is 1. The van der Waals surface area contributed by atoms with Gasteiger partial charge in [-0.1, -0.05) is 29.8 Å². The number of amides is 4. The third-order valence-electron chi connectivity index (χ3n) is 15.3. The highest BCUT2D eigenvalue weighted by Gasteiger charge is 2.41. The molecule has 4 aliphatic rings. The highest BCUT2D eigenvalue weighted by Crippen LogP contribution is 2.43. The Labute approximate surface area is 446 Å². The molecule has 0 bridgehead atoms. The van der Waals surface area contributed by atoms with Crippen LogP contribution in [0.2, 0.25) is 5.02 Å². The maximum absolute atomic E-state index is 14.7. The normalized spacial score (nSPS) is 17.4. The molecular weight excluding hydrogens is 991 g/mol. The van der Waals surface area contributed by atoms with Crippen molar-refractivity contribution in [2.75, 3.05) is 63.9 Å². The number of nitrogens with one attached hydrogen (secondary N) is 1. The zero-order valence-corrected chi connectivity index (χ0v) is 45.0. The van der Waals surface area contributed by atoms with Gasteiger partial charge in [-0.25, -0.2) is 9.18 Å². The number of carbonyl (C=O) groups excluding carboxylic acids is 5. The number of piperazine rings is 1. The molecule has 10 rings (SSSR count). The Morgan fingerprint density at radius 2 is 1.63 bits per heavy atom. The fourth-order valence-electron chi connectivity index (χ4n) is 11.5. The number of imide groups is 1. The molecule has 4 amide bonds. The summed E-state index contributed by atoms with van der Waals surface area (Å²) in [6, 6.07) is 17.1. The van der Waals surface area contributed by atoms with Gasteiger partial charge in [-0.05, 0) is 120 Å². The van der Waals surface area contributed by atoms with Gasteiger partial charge in [-0.15, -0.1) is 0 Å². The second kappa shape index (κ2) is 21.6. The second-order valence-corrected chi connectivity index (χ2v) is 21.9. The predicted octanol–water partition coefficient (Wildman–Crippen LogP) is 8.55. The van der Waals surface area contributed by atoms with Gasteiger partial charge in [0.2, 0.25) is 11.8 Å². The molecule has 1 unspecified atom stereocenters. The highest BCUT2D eigenvalue weighted by molar-refractivity contribution is 6.35. The number of esters is 1. The molecule has 6 aromatic rings. The molecule has 16 nitrogen and oxygen atoms in total. The molecule has 0 radical (unpaired) electrons. The van der Waals surface area contributed by atoms with E-state index in [-0.39, 0.29) is 49.5 Å². The van der Waals surface area contributed by atoms with E-state index in [0.717, 1.165) is 87.8 Å². The minimum absolute atomic E-state index is 0.135. The summed E-state index contributed by atoms with van der Waals surface area (Å²) in [7, 11) is 1.90. The van der Waals surface area contributed by atoms with E-state index in [4.69, 9.17) is 30.9 Å². The van der Waals surface area contributed by atoms with E-state index in [2.05, 4.69) is 19.7 Å². The van der Waals surface area contributed by atoms with Crippen molar-refractivity contribution >= 4 is 68.6 Å². The molecule has 3 fully saturated rings. The Balaban J connectivity index is 0.882. The molecule has 0 saturated carbocycles. The number of aromatic nitrogens is 3. The first kappa shape index (κ1) is 52.5. The first-order chi connectivity index (χ1) is 36.4. The molecule has 400 valence electrons. The van der Waals surface area contributed by atoms with Crippen molar-refractivity contribution in [2.24, 2.45) is 7.05 Å². The average molecular weight is 1060 g/mol. The van der Waals surface area contributed by atoms with Crippen LogP contribution in [0.5, 0.6) is 11.5 Å². The molecule has 4 aliphatic heterocycles. The summed E-state index contributed by atoms with van der Waals surface area (Å²) in [4.78, 5) is 75.4. The lowest BCUT2D eigenvalue weighted by Gasteiger charge is -2.35. The number of fused-ring (bicyclic) bond motifs is 3. The number of ether oxygens (including phenoxy) is 3. The predicted molar refractivity (Wildman–Crippen MR) is 289 cm³/mol. The molecule has 1 atom stereocenters. The van der Waals surface area contributed by atoms with Gasteiger partial charge in [0.1, 0.15) is 34.7 Å². The summed E-state index contributed by atoms with van der Waals surface area (Å²) in [5.74, 6) is -0.982. The highest BCUT2D eigenvalue weighted by atomic mass is 35.5. The maximum Gasteiger partial charge on any atom is 0.355 e. The van der Waals surface area contributed by atoms with Gasteiger partial charge < -0.3 is 33.5 Å². The largest absolute Gasteiger partial charge is 0.493 e. The van der Waals surface area contributed by atoms with Crippen LogP contribution >= 0.6 is 11.6 Å². The molecule has 6 heterocycles. The van der Waals surface area contributed by atoms with Gasteiger partial charge in [-0.3, -0.25) is 34.1 Å². The second-order valence-electron chi connectivity index (χ2n) is 21.5. The molecule has 1 N–H and O–H groups in total. The number of rotatable bonds is 15. The van der Waals surface area contributed by atoms with Crippen LogP contribution in [0.4, 0.5) is 10.1 Å². The lowest BCUT2D eigenvalue weighted by Crippen LogP contribution is -2.52. The van der Waals surface area contributed by atoms with Crippen LogP contribution in [-0.4, -0.2) is 129 Å². The molecule has 0 aliphatic carbocycles. The maximum atomic E-state index is 14.7. The van der Waals surface area contributed by atoms with Crippen LogP contribution in [0.1, 0.15) is 103 Å². The van der Waals surface area contributed by atoms with E-state index in [1.165, 1.54) is 17.0 Å². The number of halogens is 2. The number of piperidine rings is 2. The van der Waals surface area contributed by atoms with E-state index < -0.39 is 23.5 Å². The number of carbonyl (C=O) groups is 5. The molecule has 4 aromatic carbocycles. The van der Waals surface area contributed by atoms with Gasteiger partial charge >= 0.3 is 5.97 Å². The molecular formula is C58H66ClFN8O8. The summed E-state index contributed by atoms with van der Waals surface area (Å²) in [5, 5.41) is 10.1. The van der Waals surface area contributed by atoms with E-state index in [1.54, 1.807) is 11.0 Å². The van der Waals surface area contributed by atoms with Gasteiger partial charge in [0.05, 0.1) is 34.9 Å². The zero-order valence-electron chi connectivity index (χ0n) is 44.2. The first-order valence-electron chi connectivity index (χ1n) is 26.5. The van der Waals surface area contributed by atoms with Gasteiger partial charge in [0, 0.05) is 111 Å². The Hall–Kier alpha value is -6.98. The van der Waals surface area contributed by atoms with Crippen molar-refractivity contribution in [1.82, 2.24) is 34.4 Å². The van der Waals surface area contributed by atoms with Gasteiger partial charge in [0.15, 0.2) is 6.61 Å². The van der Waals surface area contributed by atoms with Crippen LogP contribution in [0.25, 0.3) is 32.8 Å². The minimum Gasteiger partial charge on any atom is -0.493 e. The van der Waals surface area contributed by atoms with Crippen molar-refractivity contribution in [3.05, 3.63) is 105 Å². The van der Waals surface area contributed by atoms with E-state index in [1.807, 2.05) is 88.8 Å². The third-order valence-corrected chi connectivity index (χ3v) is 15.6. The minimum atomic E-state index is -0.792. The van der Waals surface area contributed by atoms with Gasteiger partial charge in [-0.2, -0.15) is 5.10 Å². The fourth-order valence-corrected chi connectivity index (χ4v) is 11.7. The molecule has 18 heteroatoms. The lowest BCUT2D eigenvalue weighted by molar-refractivity contribution is -0.137. The summed E-state index contributed by atoms with van der Waals surface area (Å²) >= 11 is 7.24. The Morgan fingerprint density at radius 1 is 0.868 bits per heavy atom. The number of anilines is 1. The molecule has 3 saturated heterocycles. The van der Waals surface area contributed by atoms with Crippen LogP contribution in [-0.2, 0) is 45.7 Å². The van der Waals surface area contributed by atoms with Crippen molar-refractivity contribution in [3.8, 4) is 22.6 Å². The average Bonchev–Trinajstić information content (AvgIpc) is 4.03. The van der Waals surface area contributed by atoms with E-state index >= 15 is 0 Å². The number of aryl methyl sites for hydroxylation is 3. The zero-order chi connectivity index (χ0) is 53.6. The van der Waals surface area contributed by atoms with Crippen LogP contribution in [0.3, 0.4) is 0 Å². The van der Waals surface area contributed by atoms with Crippen LogP contribution in [0.15, 0.2) is 60.7 Å². The van der Waals surface area contributed by atoms with Gasteiger partial charge in [0.25, 0.3) is 11.8 Å². The summed E-state index contributed by atoms with van der Waals surface area (Å²) in [6.07, 6.45) is 4.61. The molecule has 76 heavy (non-hydrogen) atoms. The number of hydrogen-bond acceptors (Lipinski definition) is 11. The van der Waals surface area contributed by atoms with Crippen molar-refractivity contribution in [2.45, 2.75) is 104 Å². The van der Waals surface area contributed by atoms with Crippen molar-refractivity contribution in [1.29, 1.82) is 0 Å².